The number of likely N-dealkylation sites (tertiary alicyclic amines) is 2. The number of piperidine rings is 1. The predicted molar refractivity (Wildman–Crippen MR) is 90.6 cm³/mol. The monoisotopic (exact) mass is 335 g/mol. The Labute approximate surface area is 141 Å². The van der Waals surface area contributed by atoms with Crippen molar-refractivity contribution >= 4 is 29.2 Å². The van der Waals surface area contributed by atoms with Crippen molar-refractivity contribution in [1.29, 1.82) is 0 Å². The van der Waals surface area contributed by atoms with E-state index in [4.69, 9.17) is 11.6 Å². The molecule has 2 aliphatic rings. The van der Waals surface area contributed by atoms with Crippen LogP contribution in [0, 0.1) is 5.92 Å². The Morgan fingerprint density at radius 3 is 2.57 bits per heavy atom. The van der Waals surface area contributed by atoms with Crippen LogP contribution in [0.15, 0.2) is 24.3 Å². The summed E-state index contributed by atoms with van der Waals surface area (Å²) in [6.45, 7) is 2.93. The number of amides is 3. The van der Waals surface area contributed by atoms with E-state index in [1.165, 1.54) is 0 Å². The Morgan fingerprint density at radius 1 is 1.09 bits per heavy atom. The average Bonchev–Trinajstić information content (AvgIpc) is 3.09. The van der Waals surface area contributed by atoms with Crippen molar-refractivity contribution < 1.29 is 9.59 Å². The minimum absolute atomic E-state index is 0.0359. The summed E-state index contributed by atoms with van der Waals surface area (Å²) in [4.78, 5) is 28.7. The molecule has 1 unspecified atom stereocenters. The van der Waals surface area contributed by atoms with Gasteiger partial charge in [0.15, 0.2) is 0 Å². The number of anilines is 1. The number of carbonyl (C=O) groups is 2. The molecule has 3 rings (SSSR count). The van der Waals surface area contributed by atoms with Gasteiger partial charge in [-0.05, 0) is 43.9 Å². The Balaban J connectivity index is 1.59. The minimum atomic E-state index is -0.158. The normalized spacial score (nSPS) is 21.3. The van der Waals surface area contributed by atoms with Crippen LogP contribution in [0.2, 0.25) is 5.02 Å². The molecule has 0 spiro atoms. The van der Waals surface area contributed by atoms with Crippen molar-refractivity contribution in [3.63, 3.8) is 0 Å². The number of hydrogen-bond acceptors (Lipinski definition) is 2. The van der Waals surface area contributed by atoms with Crippen molar-refractivity contribution in [2.24, 2.45) is 5.92 Å². The Morgan fingerprint density at radius 2 is 1.83 bits per heavy atom. The first-order chi connectivity index (χ1) is 11.1. The van der Waals surface area contributed by atoms with Crippen LogP contribution in [0.25, 0.3) is 0 Å². The van der Waals surface area contributed by atoms with Gasteiger partial charge in [-0.25, -0.2) is 4.79 Å². The van der Waals surface area contributed by atoms with Gasteiger partial charge in [0.2, 0.25) is 5.91 Å². The van der Waals surface area contributed by atoms with Crippen LogP contribution in [0.5, 0.6) is 0 Å². The highest BCUT2D eigenvalue weighted by Gasteiger charge is 2.31. The Kier molecular flexibility index (Phi) is 5.06. The van der Waals surface area contributed by atoms with Crippen molar-refractivity contribution in [1.82, 2.24) is 9.80 Å². The number of urea groups is 1. The molecule has 1 aromatic carbocycles. The molecular weight excluding hydrogens is 314 g/mol. The zero-order valence-corrected chi connectivity index (χ0v) is 13.9. The van der Waals surface area contributed by atoms with Gasteiger partial charge in [0, 0.05) is 36.9 Å². The van der Waals surface area contributed by atoms with Gasteiger partial charge in [-0.3, -0.25) is 4.79 Å². The van der Waals surface area contributed by atoms with E-state index < -0.39 is 0 Å². The largest absolute Gasteiger partial charge is 0.326 e. The highest BCUT2D eigenvalue weighted by atomic mass is 35.5. The van der Waals surface area contributed by atoms with Crippen molar-refractivity contribution in [2.45, 2.75) is 25.7 Å². The Hall–Kier alpha value is -1.75. The molecule has 0 aliphatic carbocycles. The molecule has 2 aliphatic heterocycles. The van der Waals surface area contributed by atoms with Gasteiger partial charge in [-0.1, -0.05) is 17.7 Å². The van der Waals surface area contributed by atoms with E-state index in [9.17, 15) is 9.59 Å². The van der Waals surface area contributed by atoms with Crippen LogP contribution in [0.4, 0.5) is 10.5 Å². The molecule has 23 heavy (non-hydrogen) atoms. The lowest BCUT2D eigenvalue weighted by Gasteiger charge is -2.34. The SMILES string of the molecule is O=C(Nc1cccc(Cl)c1)C1CCCN(C(=O)N2CCCC2)C1. The van der Waals surface area contributed by atoms with Crippen LogP contribution in [0.3, 0.4) is 0 Å². The smallest absolute Gasteiger partial charge is 0.320 e. The molecule has 2 saturated heterocycles. The van der Waals surface area contributed by atoms with Gasteiger partial charge in [-0.2, -0.15) is 0 Å². The number of halogens is 1. The second-order valence-electron chi connectivity index (χ2n) is 6.26. The summed E-state index contributed by atoms with van der Waals surface area (Å²) in [5.41, 5.74) is 0.700. The Bertz CT molecular complexity index is 587. The number of nitrogens with one attached hydrogen (secondary N) is 1. The molecule has 6 heteroatoms. The van der Waals surface area contributed by atoms with Crippen molar-refractivity contribution in [3.05, 3.63) is 29.3 Å². The van der Waals surface area contributed by atoms with Crippen LogP contribution in [0.1, 0.15) is 25.7 Å². The van der Waals surface area contributed by atoms with E-state index in [1.54, 1.807) is 12.1 Å². The predicted octanol–water partition coefficient (Wildman–Crippen LogP) is 3.21. The molecular formula is C17H22ClN3O2. The summed E-state index contributed by atoms with van der Waals surface area (Å²) < 4.78 is 0. The number of carbonyl (C=O) groups excluding carboxylic acids is 2. The molecule has 0 saturated carbocycles. The summed E-state index contributed by atoms with van der Waals surface area (Å²) in [6.07, 6.45) is 3.85. The molecule has 2 fully saturated rings. The molecule has 3 amide bonds. The van der Waals surface area contributed by atoms with Gasteiger partial charge in [0.05, 0.1) is 5.92 Å². The first-order valence-corrected chi connectivity index (χ1v) is 8.61. The quantitative estimate of drug-likeness (QED) is 0.902. The van der Waals surface area contributed by atoms with Gasteiger partial charge in [0.1, 0.15) is 0 Å². The first kappa shape index (κ1) is 16.1. The zero-order valence-electron chi connectivity index (χ0n) is 13.1. The molecule has 1 aromatic rings. The lowest BCUT2D eigenvalue weighted by molar-refractivity contribution is -0.121. The van der Waals surface area contributed by atoms with Crippen molar-refractivity contribution in [3.8, 4) is 0 Å². The molecule has 5 nitrogen and oxygen atoms in total. The topological polar surface area (TPSA) is 52.7 Å². The van der Waals surface area contributed by atoms with E-state index in [-0.39, 0.29) is 17.9 Å². The van der Waals surface area contributed by atoms with E-state index in [0.717, 1.165) is 45.3 Å². The summed E-state index contributed by atoms with van der Waals surface area (Å²) in [5, 5.41) is 3.50. The molecule has 0 aromatic heterocycles. The number of hydrogen-bond donors (Lipinski definition) is 1. The lowest BCUT2D eigenvalue weighted by Crippen LogP contribution is -2.48. The van der Waals surface area contributed by atoms with Crippen LogP contribution in [-0.2, 0) is 4.79 Å². The molecule has 2 heterocycles. The fourth-order valence-electron chi connectivity index (χ4n) is 3.28. The average molecular weight is 336 g/mol. The number of nitrogens with zero attached hydrogens (tertiary/aromatic N) is 2. The maximum absolute atomic E-state index is 12.5. The third-order valence-electron chi connectivity index (χ3n) is 4.53. The molecule has 1 N–H and O–H groups in total. The van der Waals surface area contributed by atoms with E-state index in [2.05, 4.69) is 5.32 Å². The fourth-order valence-corrected chi connectivity index (χ4v) is 3.47. The van der Waals surface area contributed by atoms with Crippen LogP contribution in [-0.4, -0.2) is 47.9 Å². The zero-order chi connectivity index (χ0) is 16.2. The third kappa shape index (κ3) is 3.96. The van der Waals surface area contributed by atoms with Gasteiger partial charge in [0.25, 0.3) is 0 Å². The van der Waals surface area contributed by atoms with E-state index >= 15 is 0 Å². The van der Waals surface area contributed by atoms with Gasteiger partial charge >= 0.3 is 6.03 Å². The molecule has 0 radical (unpaired) electrons. The highest BCUT2D eigenvalue weighted by Crippen LogP contribution is 2.22. The highest BCUT2D eigenvalue weighted by molar-refractivity contribution is 6.30. The fraction of sp³-hybridized carbons (Fsp3) is 0.529. The van der Waals surface area contributed by atoms with Gasteiger partial charge in [-0.15, -0.1) is 0 Å². The van der Waals surface area contributed by atoms with Crippen molar-refractivity contribution in [2.75, 3.05) is 31.5 Å². The molecule has 0 bridgehead atoms. The maximum atomic E-state index is 12.5. The second-order valence-corrected chi connectivity index (χ2v) is 6.70. The lowest BCUT2D eigenvalue weighted by atomic mass is 9.97. The summed E-state index contributed by atoms with van der Waals surface area (Å²) in [6, 6.07) is 7.22. The molecule has 124 valence electrons. The third-order valence-corrected chi connectivity index (χ3v) is 4.77. The summed E-state index contributed by atoms with van der Waals surface area (Å²) in [5.74, 6) is -0.194. The summed E-state index contributed by atoms with van der Waals surface area (Å²) >= 11 is 5.94. The van der Waals surface area contributed by atoms with Crippen LogP contribution >= 0.6 is 11.6 Å². The minimum Gasteiger partial charge on any atom is -0.326 e. The number of benzene rings is 1. The maximum Gasteiger partial charge on any atom is 0.320 e. The van der Waals surface area contributed by atoms with E-state index in [1.807, 2.05) is 21.9 Å². The summed E-state index contributed by atoms with van der Waals surface area (Å²) in [7, 11) is 0. The van der Waals surface area contributed by atoms with Gasteiger partial charge < -0.3 is 15.1 Å². The standard InChI is InChI=1S/C17H22ClN3O2/c18-14-6-3-7-15(11-14)19-16(22)13-5-4-10-21(12-13)17(23)20-8-1-2-9-20/h3,6-7,11,13H,1-2,4-5,8-10,12H2,(H,19,22). The van der Waals surface area contributed by atoms with Crippen LogP contribution < -0.4 is 5.32 Å². The molecule has 1 atom stereocenters. The second kappa shape index (κ2) is 7.21. The van der Waals surface area contributed by atoms with E-state index in [0.29, 0.717) is 17.3 Å². The first-order valence-electron chi connectivity index (χ1n) is 8.24. The number of rotatable bonds is 2.